The van der Waals surface area contributed by atoms with Gasteiger partial charge in [0.1, 0.15) is 5.82 Å². The molecule has 7 heteroatoms. The summed E-state index contributed by atoms with van der Waals surface area (Å²) in [5.41, 5.74) is 0.418. The predicted octanol–water partition coefficient (Wildman–Crippen LogP) is 0.937. The van der Waals surface area contributed by atoms with E-state index in [1.165, 1.54) is 24.6 Å². The Labute approximate surface area is 102 Å². The average Bonchev–Trinajstić information content (AvgIpc) is 2.82. The molecule has 0 bridgehead atoms. The summed E-state index contributed by atoms with van der Waals surface area (Å²) in [4.78, 5) is 15.3. The summed E-state index contributed by atoms with van der Waals surface area (Å²) >= 11 is 0. The topological polar surface area (TPSA) is 80.1 Å². The van der Waals surface area contributed by atoms with Crippen molar-refractivity contribution in [1.29, 1.82) is 0 Å². The molecule has 0 aliphatic heterocycles. The summed E-state index contributed by atoms with van der Waals surface area (Å²) in [6.07, 6.45) is 1.21. The molecule has 6 nitrogen and oxygen atoms in total. The Balaban J connectivity index is 1.75. The van der Waals surface area contributed by atoms with Crippen LogP contribution in [0.25, 0.3) is 0 Å². The Bertz CT molecular complexity index is 516. The number of nitrogens with one attached hydrogen (secondary N) is 2. The number of nitrogens with zero attached hydrogens (tertiary/aromatic N) is 2. The lowest BCUT2D eigenvalue weighted by Crippen LogP contribution is -2.28. The van der Waals surface area contributed by atoms with E-state index in [2.05, 4.69) is 25.3 Å². The zero-order chi connectivity index (χ0) is 12.8. The monoisotopic (exact) mass is 250 g/mol. The highest BCUT2D eigenvalue weighted by Crippen LogP contribution is 2.08. The number of halogens is 1. The fraction of sp³-hybridized carbons (Fsp3) is 0.182. The normalized spacial score (nSPS) is 10.3. The zero-order valence-corrected chi connectivity index (χ0v) is 9.39. The highest BCUT2D eigenvalue weighted by molar-refractivity contribution is 5.92. The third kappa shape index (κ3) is 3.63. The molecule has 0 aliphatic carbocycles. The molecular formula is C11H11FN4O2. The van der Waals surface area contributed by atoms with E-state index in [0.29, 0.717) is 18.1 Å². The Morgan fingerprint density at radius 2 is 2.33 bits per heavy atom. The minimum Gasteiger partial charge on any atom is -0.343 e. The fourth-order valence-electron chi connectivity index (χ4n) is 1.33. The largest absolute Gasteiger partial charge is 0.343 e. The van der Waals surface area contributed by atoms with Crippen molar-refractivity contribution in [3.8, 4) is 0 Å². The standard InChI is InChI=1S/C11H11FN4O2/c12-8-2-1-3-9(4-8)15-11(17)6-13-5-10-14-7-18-16-10/h1-4,7,13H,5-6H2,(H,15,17). The molecule has 0 aliphatic rings. The van der Waals surface area contributed by atoms with Crippen molar-refractivity contribution in [3.63, 3.8) is 0 Å². The molecule has 94 valence electrons. The van der Waals surface area contributed by atoms with Crippen molar-refractivity contribution in [1.82, 2.24) is 15.5 Å². The minimum absolute atomic E-state index is 0.0745. The first kappa shape index (κ1) is 12.2. The summed E-state index contributed by atoms with van der Waals surface area (Å²) in [5.74, 6) is -0.204. The number of amides is 1. The maximum Gasteiger partial charge on any atom is 0.238 e. The molecular weight excluding hydrogens is 239 g/mol. The highest BCUT2D eigenvalue weighted by Gasteiger charge is 2.04. The van der Waals surface area contributed by atoms with Crippen molar-refractivity contribution in [3.05, 3.63) is 42.3 Å². The number of carbonyl (C=O) groups is 1. The quantitative estimate of drug-likeness (QED) is 0.825. The molecule has 1 aromatic heterocycles. The van der Waals surface area contributed by atoms with Crippen LogP contribution in [-0.4, -0.2) is 22.6 Å². The molecule has 0 saturated heterocycles. The molecule has 1 amide bonds. The van der Waals surface area contributed by atoms with Crippen molar-refractivity contribution in [2.75, 3.05) is 11.9 Å². The van der Waals surface area contributed by atoms with Gasteiger partial charge in [0.25, 0.3) is 0 Å². The van der Waals surface area contributed by atoms with E-state index in [1.54, 1.807) is 6.07 Å². The summed E-state index contributed by atoms with van der Waals surface area (Å²) in [6.45, 7) is 0.401. The van der Waals surface area contributed by atoms with E-state index in [-0.39, 0.29) is 12.5 Å². The minimum atomic E-state index is -0.396. The zero-order valence-electron chi connectivity index (χ0n) is 9.39. The molecule has 0 spiro atoms. The first-order chi connectivity index (χ1) is 8.74. The van der Waals surface area contributed by atoms with Crippen LogP contribution in [0.2, 0.25) is 0 Å². The average molecular weight is 250 g/mol. The SMILES string of the molecule is O=C(CNCc1ncon1)Nc1cccc(F)c1. The molecule has 0 radical (unpaired) electrons. The number of hydrogen-bond acceptors (Lipinski definition) is 5. The van der Waals surface area contributed by atoms with Crippen LogP contribution in [0.1, 0.15) is 5.82 Å². The second-order valence-corrected chi connectivity index (χ2v) is 3.51. The van der Waals surface area contributed by atoms with Gasteiger partial charge in [-0.3, -0.25) is 4.79 Å². The summed E-state index contributed by atoms with van der Waals surface area (Å²) in [7, 11) is 0. The molecule has 0 fully saturated rings. The van der Waals surface area contributed by atoms with E-state index in [4.69, 9.17) is 0 Å². The molecule has 0 unspecified atom stereocenters. The lowest BCUT2D eigenvalue weighted by Gasteiger charge is -2.05. The van der Waals surface area contributed by atoms with E-state index in [0.717, 1.165) is 0 Å². The van der Waals surface area contributed by atoms with Crippen molar-refractivity contribution >= 4 is 11.6 Å². The van der Waals surface area contributed by atoms with Gasteiger partial charge in [-0.25, -0.2) is 4.39 Å². The number of benzene rings is 1. The van der Waals surface area contributed by atoms with Gasteiger partial charge in [0.2, 0.25) is 12.3 Å². The summed E-state index contributed by atoms with van der Waals surface area (Å²) in [5, 5.41) is 8.97. The molecule has 1 aromatic carbocycles. The highest BCUT2D eigenvalue weighted by atomic mass is 19.1. The molecule has 2 aromatic rings. The molecule has 18 heavy (non-hydrogen) atoms. The Morgan fingerprint density at radius 3 is 3.06 bits per heavy atom. The Hall–Kier alpha value is -2.28. The van der Waals surface area contributed by atoms with E-state index >= 15 is 0 Å². The number of hydrogen-bond donors (Lipinski definition) is 2. The van der Waals surface area contributed by atoms with E-state index in [9.17, 15) is 9.18 Å². The van der Waals surface area contributed by atoms with Crippen molar-refractivity contribution in [2.24, 2.45) is 0 Å². The van der Waals surface area contributed by atoms with Gasteiger partial charge in [-0.05, 0) is 18.2 Å². The number of rotatable bonds is 5. The van der Waals surface area contributed by atoms with Gasteiger partial charge >= 0.3 is 0 Å². The number of carbonyl (C=O) groups excluding carboxylic acids is 1. The van der Waals surface area contributed by atoms with Gasteiger partial charge in [0.05, 0.1) is 13.1 Å². The van der Waals surface area contributed by atoms with Crippen molar-refractivity contribution in [2.45, 2.75) is 6.54 Å². The Kier molecular flexibility index (Phi) is 3.98. The Morgan fingerprint density at radius 1 is 1.44 bits per heavy atom. The van der Waals surface area contributed by atoms with Gasteiger partial charge < -0.3 is 15.2 Å². The van der Waals surface area contributed by atoms with Crippen LogP contribution >= 0.6 is 0 Å². The van der Waals surface area contributed by atoms with Gasteiger partial charge in [0.15, 0.2) is 5.82 Å². The molecule has 2 rings (SSSR count). The van der Waals surface area contributed by atoms with Crippen LogP contribution in [0.5, 0.6) is 0 Å². The lowest BCUT2D eigenvalue weighted by molar-refractivity contribution is -0.115. The maximum absolute atomic E-state index is 12.9. The smallest absolute Gasteiger partial charge is 0.238 e. The summed E-state index contributed by atoms with van der Waals surface area (Å²) < 4.78 is 17.4. The second kappa shape index (κ2) is 5.87. The maximum atomic E-state index is 12.9. The van der Waals surface area contributed by atoms with Crippen LogP contribution < -0.4 is 10.6 Å². The first-order valence-electron chi connectivity index (χ1n) is 5.25. The van der Waals surface area contributed by atoms with Crippen LogP contribution in [0.15, 0.2) is 35.2 Å². The number of aromatic nitrogens is 2. The van der Waals surface area contributed by atoms with E-state index in [1.807, 2.05) is 0 Å². The number of anilines is 1. The van der Waals surface area contributed by atoms with Gasteiger partial charge in [0, 0.05) is 5.69 Å². The van der Waals surface area contributed by atoms with Crippen molar-refractivity contribution < 1.29 is 13.7 Å². The van der Waals surface area contributed by atoms with Crippen LogP contribution in [0, 0.1) is 5.82 Å². The van der Waals surface area contributed by atoms with E-state index < -0.39 is 5.82 Å². The first-order valence-corrected chi connectivity index (χ1v) is 5.25. The third-order valence-electron chi connectivity index (χ3n) is 2.08. The van der Waals surface area contributed by atoms with Gasteiger partial charge in [-0.1, -0.05) is 11.2 Å². The van der Waals surface area contributed by atoms with Crippen LogP contribution in [0.4, 0.5) is 10.1 Å². The van der Waals surface area contributed by atoms with Gasteiger partial charge in [-0.2, -0.15) is 4.98 Å². The van der Waals surface area contributed by atoms with Crippen LogP contribution in [-0.2, 0) is 11.3 Å². The van der Waals surface area contributed by atoms with Gasteiger partial charge in [-0.15, -0.1) is 0 Å². The van der Waals surface area contributed by atoms with Crippen LogP contribution in [0.3, 0.4) is 0 Å². The third-order valence-corrected chi connectivity index (χ3v) is 2.08. The molecule has 0 atom stereocenters. The summed E-state index contributed by atoms with van der Waals surface area (Å²) in [6, 6.07) is 5.69. The molecule has 0 saturated carbocycles. The molecule has 1 heterocycles. The predicted molar refractivity (Wildman–Crippen MR) is 61.0 cm³/mol. The lowest BCUT2D eigenvalue weighted by atomic mass is 10.3. The second-order valence-electron chi connectivity index (χ2n) is 3.51. The molecule has 2 N–H and O–H groups in total. The fourth-order valence-corrected chi connectivity index (χ4v) is 1.33.